The van der Waals surface area contributed by atoms with Gasteiger partial charge in [0.1, 0.15) is 0 Å². The van der Waals surface area contributed by atoms with Gasteiger partial charge in [0.05, 0.1) is 6.21 Å². The van der Waals surface area contributed by atoms with Crippen molar-refractivity contribution in [2.75, 3.05) is 5.32 Å². The van der Waals surface area contributed by atoms with Crippen LogP contribution in [0.15, 0.2) is 65.3 Å². The van der Waals surface area contributed by atoms with Crippen LogP contribution in [0.3, 0.4) is 0 Å². The molecule has 0 aromatic heterocycles. The molecule has 5 nitrogen and oxygen atoms in total. The number of rotatable bonds is 4. The molecule has 2 aromatic rings. The van der Waals surface area contributed by atoms with Gasteiger partial charge in [-0.2, -0.15) is 5.10 Å². The number of carbonyl (C=O) groups is 2. The third kappa shape index (κ3) is 5.53. The van der Waals surface area contributed by atoms with Gasteiger partial charge in [-0.05, 0) is 37.1 Å². The van der Waals surface area contributed by atoms with Crippen molar-refractivity contribution < 1.29 is 9.59 Å². The van der Waals surface area contributed by atoms with E-state index in [1.807, 2.05) is 62.4 Å². The van der Waals surface area contributed by atoms with E-state index in [2.05, 4.69) is 15.8 Å². The first kappa shape index (κ1) is 17.1. The molecule has 0 spiro atoms. The van der Waals surface area contributed by atoms with Gasteiger partial charge in [-0.1, -0.05) is 54.1 Å². The van der Waals surface area contributed by atoms with E-state index in [9.17, 15) is 9.59 Å². The highest BCUT2D eigenvalue weighted by Crippen LogP contribution is 2.08. The molecular weight excluding hydrogens is 302 g/mol. The number of hydrogen-bond acceptors (Lipinski definition) is 3. The fourth-order valence-corrected chi connectivity index (χ4v) is 1.92. The Labute approximate surface area is 141 Å². The highest BCUT2D eigenvalue weighted by atomic mass is 16.2. The Morgan fingerprint density at radius 1 is 0.958 bits per heavy atom. The van der Waals surface area contributed by atoms with Crippen molar-refractivity contribution >= 4 is 29.8 Å². The molecule has 2 N–H and O–H groups in total. The lowest BCUT2D eigenvalue weighted by Crippen LogP contribution is -2.32. The maximum atomic E-state index is 11.8. The maximum Gasteiger partial charge on any atom is 0.329 e. The monoisotopic (exact) mass is 321 g/mol. The van der Waals surface area contributed by atoms with Crippen LogP contribution in [0.1, 0.15) is 18.1 Å². The highest BCUT2D eigenvalue weighted by Gasteiger charge is 2.12. The zero-order valence-electron chi connectivity index (χ0n) is 13.6. The number of hydrogen-bond donors (Lipinski definition) is 2. The molecule has 2 amide bonds. The SMILES string of the molecule is CC(/C=N\NC(=O)C(=O)Nc1ccc(C)cc1)=C\c1ccccc1. The Morgan fingerprint density at radius 2 is 1.62 bits per heavy atom. The number of aryl methyl sites for hydroxylation is 1. The van der Waals surface area contributed by atoms with Gasteiger partial charge in [0.2, 0.25) is 0 Å². The highest BCUT2D eigenvalue weighted by molar-refractivity contribution is 6.39. The van der Waals surface area contributed by atoms with Crippen LogP contribution < -0.4 is 10.7 Å². The molecule has 0 aliphatic carbocycles. The summed E-state index contributed by atoms with van der Waals surface area (Å²) >= 11 is 0. The minimum atomic E-state index is -0.820. The number of allylic oxidation sites excluding steroid dienone is 1. The van der Waals surface area contributed by atoms with Crippen LogP contribution >= 0.6 is 0 Å². The molecular formula is C19H19N3O2. The molecule has 2 aromatic carbocycles. The first-order chi connectivity index (χ1) is 11.5. The van der Waals surface area contributed by atoms with Crippen LogP contribution in [0.5, 0.6) is 0 Å². The molecule has 0 radical (unpaired) electrons. The van der Waals surface area contributed by atoms with Gasteiger partial charge in [-0.25, -0.2) is 5.43 Å². The van der Waals surface area contributed by atoms with E-state index in [0.717, 1.165) is 16.7 Å². The van der Waals surface area contributed by atoms with Gasteiger partial charge in [0.15, 0.2) is 0 Å². The number of nitrogens with zero attached hydrogens (tertiary/aromatic N) is 1. The van der Waals surface area contributed by atoms with Gasteiger partial charge in [0.25, 0.3) is 0 Å². The number of benzene rings is 2. The summed E-state index contributed by atoms with van der Waals surface area (Å²) in [5, 5.41) is 6.30. The van der Waals surface area contributed by atoms with Crippen molar-refractivity contribution in [1.29, 1.82) is 0 Å². The number of hydrazone groups is 1. The molecule has 0 aliphatic heterocycles. The zero-order chi connectivity index (χ0) is 17.4. The first-order valence-corrected chi connectivity index (χ1v) is 7.49. The van der Waals surface area contributed by atoms with Gasteiger partial charge in [-0.15, -0.1) is 0 Å². The Balaban J connectivity index is 1.86. The van der Waals surface area contributed by atoms with Gasteiger partial charge in [-0.3, -0.25) is 9.59 Å². The fraction of sp³-hybridized carbons (Fsp3) is 0.105. The Bertz CT molecular complexity index is 763. The Kier molecular flexibility index (Phi) is 6.02. The summed E-state index contributed by atoms with van der Waals surface area (Å²) in [4.78, 5) is 23.5. The van der Waals surface area contributed by atoms with Crippen molar-refractivity contribution in [1.82, 2.24) is 5.43 Å². The molecule has 0 saturated heterocycles. The summed E-state index contributed by atoms with van der Waals surface area (Å²) in [6, 6.07) is 16.9. The predicted octanol–water partition coefficient (Wildman–Crippen LogP) is 3.14. The van der Waals surface area contributed by atoms with Crippen LogP contribution in [0.2, 0.25) is 0 Å². The predicted molar refractivity (Wildman–Crippen MR) is 96.5 cm³/mol. The molecule has 0 saturated carbocycles. The molecule has 0 atom stereocenters. The largest absolute Gasteiger partial charge is 0.329 e. The van der Waals surface area contributed by atoms with E-state index in [-0.39, 0.29) is 0 Å². The average Bonchev–Trinajstić information content (AvgIpc) is 2.57. The first-order valence-electron chi connectivity index (χ1n) is 7.49. The maximum absolute atomic E-state index is 11.8. The smallest absolute Gasteiger partial charge is 0.318 e. The van der Waals surface area contributed by atoms with Crippen molar-refractivity contribution in [3.63, 3.8) is 0 Å². The van der Waals surface area contributed by atoms with Gasteiger partial charge in [0, 0.05) is 5.69 Å². The molecule has 5 heteroatoms. The minimum Gasteiger partial charge on any atom is -0.318 e. The fourth-order valence-electron chi connectivity index (χ4n) is 1.92. The lowest BCUT2D eigenvalue weighted by atomic mass is 10.1. The molecule has 0 bridgehead atoms. The molecule has 24 heavy (non-hydrogen) atoms. The molecule has 0 unspecified atom stereocenters. The summed E-state index contributed by atoms with van der Waals surface area (Å²) in [5.41, 5.74) is 5.72. The Morgan fingerprint density at radius 3 is 2.29 bits per heavy atom. The van der Waals surface area contributed by atoms with Gasteiger partial charge >= 0.3 is 11.8 Å². The number of amides is 2. The lowest BCUT2D eigenvalue weighted by Gasteiger charge is -2.04. The third-order valence-electron chi connectivity index (χ3n) is 3.14. The van der Waals surface area contributed by atoms with Crippen molar-refractivity contribution in [2.24, 2.45) is 5.10 Å². The van der Waals surface area contributed by atoms with E-state index in [1.165, 1.54) is 6.21 Å². The van der Waals surface area contributed by atoms with Crippen LogP contribution in [0, 0.1) is 6.92 Å². The zero-order valence-corrected chi connectivity index (χ0v) is 13.6. The van der Waals surface area contributed by atoms with Crippen LogP contribution in [0.25, 0.3) is 6.08 Å². The second-order valence-electron chi connectivity index (χ2n) is 5.32. The topological polar surface area (TPSA) is 70.6 Å². The van der Waals surface area contributed by atoms with E-state index < -0.39 is 11.8 Å². The molecule has 2 rings (SSSR count). The third-order valence-corrected chi connectivity index (χ3v) is 3.14. The van der Waals surface area contributed by atoms with E-state index in [1.54, 1.807) is 12.1 Å². The van der Waals surface area contributed by atoms with E-state index >= 15 is 0 Å². The summed E-state index contributed by atoms with van der Waals surface area (Å²) in [6.45, 7) is 3.80. The van der Waals surface area contributed by atoms with Crippen molar-refractivity contribution in [2.45, 2.75) is 13.8 Å². The normalized spacial score (nSPS) is 11.3. The van der Waals surface area contributed by atoms with Gasteiger partial charge < -0.3 is 5.32 Å². The minimum absolute atomic E-state index is 0.560. The summed E-state index contributed by atoms with van der Waals surface area (Å²) < 4.78 is 0. The van der Waals surface area contributed by atoms with Crippen molar-refractivity contribution in [3.05, 3.63) is 71.3 Å². The lowest BCUT2D eigenvalue weighted by molar-refractivity contribution is -0.136. The van der Waals surface area contributed by atoms with E-state index in [4.69, 9.17) is 0 Å². The quantitative estimate of drug-likeness (QED) is 0.516. The number of carbonyl (C=O) groups excluding carboxylic acids is 2. The van der Waals surface area contributed by atoms with Crippen molar-refractivity contribution in [3.8, 4) is 0 Å². The van der Waals surface area contributed by atoms with Crippen LogP contribution in [-0.4, -0.2) is 18.0 Å². The van der Waals surface area contributed by atoms with E-state index in [0.29, 0.717) is 5.69 Å². The summed E-state index contributed by atoms with van der Waals surface area (Å²) in [7, 11) is 0. The summed E-state index contributed by atoms with van der Waals surface area (Å²) in [5.74, 6) is -1.58. The van der Waals surface area contributed by atoms with Crippen LogP contribution in [0.4, 0.5) is 5.69 Å². The number of anilines is 1. The average molecular weight is 321 g/mol. The summed E-state index contributed by atoms with van der Waals surface area (Å²) in [6.07, 6.45) is 3.41. The second-order valence-corrected chi connectivity index (χ2v) is 5.32. The molecule has 0 fully saturated rings. The molecule has 0 heterocycles. The molecule has 0 aliphatic rings. The standard InChI is InChI=1S/C19H19N3O2/c1-14-8-10-17(11-9-14)21-18(23)19(24)22-20-13-15(2)12-16-6-4-3-5-7-16/h3-13H,1-2H3,(H,21,23)(H,22,24)/b15-12+,20-13-. The molecule has 122 valence electrons. The number of nitrogens with one attached hydrogen (secondary N) is 2. The Hall–Kier alpha value is -3.21. The van der Waals surface area contributed by atoms with Crippen LogP contribution in [-0.2, 0) is 9.59 Å². The second kappa shape index (κ2) is 8.43.